The summed E-state index contributed by atoms with van der Waals surface area (Å²) in [6, 6.07) is 3.74. The average Bonchev–Trinajstić information content (AvgIpc) is 3.09. The van der Waals surface area contributed by atoms with Crippen LogP contribution >= 0.6 is 0 Å². The van der Waals surface area contributed by atoms with Crippen LogP contribution in [0.1, 0.15) is 44.3 Å². The Morgan fingerprint density at radius 1 is 1.21 bits per heavy atom. The van der Waals surface area contributed by atoms with Crippen molar-refractivity contribution in [3.05, 3.63) is 48.5 Å². The lowest BCUT2D eigenvalue weighted by Crippen LogP contribution is -2.05. The smallest absolute Gasteiger partial charge is 0.305 e. The van der Waals surface area contributed by atoms with Gasteiger partial charge in [0.15, 0.2) is 0 Å². The first-order chi connectivity index (χ1) is 11.6. The molecular formula is C19H28O5. The highest BCUT2D eigenvalue weighted by Crippen LogP contribution is 2.08. The maximum Gasteiger partial charge on any atom is 0.305 e. The molecule has 0 saturated carbocycles. The largest absolute Gasteiger partial charge is 0.469 e. The van der Waals surface area contributed by atoms with Crippen LogP contribution < -0.4 is 0 Å². The third-order valence-electron chi connectivity index (χ3n) is 3.59. The highest BCUT2D eigenvalue weighted by molar-refractivity contribution is 5.68. The zero-order valence-electron chi connectivity index (χ0n) is 14.3. The normalized spacial score (nSPS) is 14.3. The molecule has 0 fully saturated rings. The zero-order valence-corrected chi connectivity index (χ0v) is 14.3. The van der Waals surface area contributed by atoms with Gasteiger partial charge in [-0.3, -0.25) is 4.79 Å². The molecule has 0 amide bonds. The summed E-state index contributed by atoms with van der Waals surface area (Å²) in [5.41, 5.74) is 0. The van der Waals surface area contributed by atoms with E-state index in [1.807, 2.05) is 24.3 Å². The van der Waals surface area contributed by atoms with Crippen molar-refractivity contribution in [2.45, 2.75) is 57.2 Å². The van der Waals surface area contributed by atoms with Crippen molar-refractivity contribution in [3.63, 3.8) is 0 Å². The molecule has 5 nitrogen and oxygen atoms in total. The number of hydrogen-bond donors (Lipinski definition) is 2. The van der Waals surface area contributed by atoms with Crippen LogP contribution in [0.15, 0.2) is 47.1 Å². The fraction of sp³-hybridized carbons (Fsp3) is 0.526. The minimum absolute atomic E-state index is 0.248. The first kappa shape index (κ1) is 20.2. The molecule has 134 valence electrons. The Balaban J connectivity index is 2.05. The van der Waals surface area contributed by atoms with Gasteiger partial charge in [0.1, 0.15) is 5.76 Å². The highest BCUT2D eigenvalue weighted by atomic mass is 16.5. The van der Waals surface area contributed by atoms with Gasteiger partial charge in [0.05, 0.1) is 25.6 Å². The zero-order chi connectivity index (χ0) is 17.6. The second kappa shape index (κ2) is 12.6. The van der Waals surface area contributed by atoms with E-state index < -0.39 is 12.2 Å². The maximum atomic E-state index is 10.9. The lowest BCUT2D eigenvalue weighted by Gasteiger charge is -2.04. The quantitative estimate of drug-likeness (QED) is 0.348. The van der Waals surface area contributed by atoms with E-state index in [1.165, 1.54) is 7.11 Å². The Morgan fingerprint density at radius 2 is 1.88 bits per heavy atom. The number of allylic oxidation sites excluding steroid dienone is 2. The van der Waals surface area contributed by atoms with Crippen molar-refractivity contribution < 1.29 is 24.2 Å². The van der Waals surface area contributed by atoms with E-state index in [1.54, 1.807) is 18.4 Å². The van der Waals surface area contributed by atoms with Crippen LogP contribution in [-0.2, 0) is 16.0 Å². The average molecular weight is 336 g/mol. The highest BCUT2D eigenvalue weighted by Gasteiger charge is 2.03. The lowest BCUT2D eigenvalue weighted by molar-refractivity contribution is -0.140. The molecule has 1 aromatic heterocycles. The Bertz CT molecular complexity index is 490. The van der Waals surface area contributed by atoms with Crippen LogP contribution in [0.5, 0.6) is 0 Å². The van der Waals surface area contributed by atoms with E-state index in [0.29, 0.717) is 25.7 Å². The van der Waals surface area contributed by atoms with Gasteiger partial charge in [0.2, 0.25) is 0 Å². The van der Waals surface area contributed by atoms with Crippen molar-refractivity contribution in [2.75, 3.05) is 7.11 Å². The van der Waals surface area contributed by atoms with Crippen LogP contribution in [0.25, 0.3) is 0 Å². The predicted molar refractivity (Wildman–Crippen MR) is 92.4 cm³/mol. The van der Waals surface area contributed by atoms with Gasteiger partial charge in [0.25, 0.3) is 0 Å². The molecule has 2 atom stereocenters. The van der Waals surface area contributed by atoms with Crippen molar-refractivity contribution in [2.24, 2.45) is 0 Å². The number of aliphatic hydroxyl groups is 2. The molecule has 1 rings (SSSR count). The van der Waals surface area contributed by atoms with Gasteiger partial charge in [-0.15, -0.1) is 0 Å². The van der Waals surface area contributed by atoms with Crippen molar-refractivity contribution in [1.29, 1.82) is 0 Å². The van der Waals surface area contributed by atoms with Crippen LogP contribution in [0.3, 0.4) is 0 Å². The SMILES string of the molecule is COC(=O)CCCC(O)C=CCCC=CC(O)CCc1ccco1. The van der Waals surface area contributed by atoms with E-state index in [2.05, 4.69) is 4.74 Å². The van der Waals surface area contributed by atoms with E-state index in [9.17, 15) is 15.0 Å². The predicted octanol–water partition coefficient (Wildman–Crippen LogP) is 3.17. The molecule has 5 heteroatoms. The van der Waals surface area contributed by atoms with Crippen molar-refractivity contribution >= 4 is 5.97 Å². The number of hydrogen-bond acceptors (Lipinski definition) is 5. The van der Waals surface area contributed by atoms with Gasteiger partial charge in [-0.25, -0.2) is 0 Å². The molecule has 0 aromatic carbocycles. The van der Waals surface area contributed by atoms with E-state index in [4.69, 9.17) is 4.42 Å². The lowest BCUT2D eigenvalue weighted by atomic mass is 10.1. The Hall–Kier alpha value is -1.85. The summed E-state index contributed by atoms with van der Waals surface area (Å²) in [6.07, 6.45) is 12.5. The van der Waals surface area contributed by atoms with Crippen LogP contribution in [0.4, 0.5) is 0 Å². The molecule has 2 N–H and O–H groups in total. The summed E-state index contributed by atoms with van der Waals surface area (Å²) in [6.45, 7) is 0. The van der Waals surface area contributed by atoms with Gasteiger partial charge in [-0.2, -0.15) is 0 Å². The number of carbonyl (C=O) groups excluding carboxylic acids is 1. The van der Waals surface area contributed by atoms with Crippen molar-refractivity contribution in [1.82, 2.24) is 0 Å². The molecule has 0 radical (unpaired) electrons. The standard InChI is InChI=1S/C19H28O5/c1-23-19(22)12-6-10-16(20)8-4-2-3-5-9-17(21)13-14-18-11-7-15-24-18/h4-5,7-9,11,15-17,20-21H,2-3,6,10,12-14H2,1H3. The summed E-state index contributed by atoms with van der Waals surface area (Å²) in [5.74, 6) is 0.633. The first-order valence-corrected chi connectivity index (χ1v) is 8.40. The number of aryl methyl sites for hydroxylation is 1. The number of ether oxygens (including phenoxy) is 1. The minimum atomic E-state index is -0.530. The van der Waals surface area contributed by atoms with Crippen LogP contribution in [0.2, 0.25) is 0 Å². The third kappa shape index (κ3) is 10.0. The van der Waals surface area contributed by atoms with E-state index in [-0.39, 0.29) is 5.97 Å². The molecule has 2 unspecified atom stereocenters. The Labute approximate surface area is 143 Å². The number of carbonyl (C=O) groups is 1. The summed E-state index contributed by atoms with van der Waals surface area (Å²) in [5, 5.41) is 19.6. The van der Waals surface area contributed by atoms with Gasteiger partial charge in [0, 0.05) is 12.8 Å². The summed E-state index contributed by atoms with van der Waals surface area (Å²) in [7, 11) is 1.36. The maximum absolute atomic E-state index is 10.9. The third-order valence-corrected chi connectivity index (χ3v) is 3.59. The molecular weight excluding hydrogens is 308 g/mol. The Morgan fingerprint density at radius 3 is 2.46 bits per heavy atom. The van der Waals surface area contributed by atoms with E-state index in [0.717, 1.165) is 25.0 Å². The van der Waals surface area contributed by atoms with Gasteiger partial charge in [-0.05, 0) is 44.2 Å². The number of unbranched alkanes of at least 4 members (excludes halogenated alkanes) is 1. The number of furan rings is 1. The molecule has 0 aliphatic rings. The second-order valence-corrected chi connectivity index (χ2v) is 5.65. The van der Waals surface area contributed by atoms with Gasteiger partial charge < -0.3 is 19.4 Å². The monoisotopic (exact) mass is 336 g/mol. The van der Waals surface area contributed by atoms with Crippen LogP contribution in [-0.4, -0.2) is 35.5 Å². The summed E-state index contributed by atoms with van der Waals surface area (Å²) >= 11 is 0. The van der Waals surface area contributed by atoms with E-state index >= 15 is 0 Å². The summed E-state index contributed by atoms with van der Waals surface area (Å²) < 4.78 is 9.76. The molecule has 0 spiro atoms. The second-order valence-electron chi connectivity index (χ2n) is 5.65. The minimum Gasteiger partial charge on any atom is -0.469 e. The molecule has 1 heterocycles. The Kier molecular flexibility index (Phi) is 10.6. The summed E-state index contributed by atoms with van der Waals surface area (Å²) in [4.78, 5) is 10.9. The van der Waals surface area contributed by atoms with Crippen molar-refractivity contribution in [3.8, 4) is 0 Å². The van der Waals surface area contributed by atoms with Gasteiger partial charge in [-0.1, -0.05) is 24.3 Å². The molecule has 0 aliphatic heterocycles. The van der Waals surface area contributed by atoms with Crippen LogP contribution in [0, 0.1) is 0 Å². The molecule has 1 aromatic rings. The topological polar surface area (TPSA) is 79.9 Å². The van der Waals surface area contributed by atoms with Gasteiger partial charge >= 0.3 is 5.97 Å². The number of esters is 1. The number of aliphatic hydroxyl groups excluding tert-OH is 2. The molecule has 24 heavy (non-hydrogen) atoms. The fourth-order valence-electron chi connectivity index (χ4n) is 2.19. The molecule has 0 aliphatic carbocycles. The molecule has 0 saturated heterocycles. The number of methoxy groups -OCH3 is 1. The molecule has 0 bridgehead atoms. The first-order valence-electron chi connectivity index (χ1n) is 8.40. The number of rotatable bonds is 12. The fourth-order valence-corrected chi connectivity index (χ4v) is 2.19.